The summed E-state index contributed by atoms with van der Waals surface area (Å²) in [6, 6.07) is 25.5. The predicted octanol–water partition coefficient (Wildman–Crippen LogP) is 6.22. The van der Waals surface area contributed by atoms with Crippen LogP contribution in [0.15, 0.2) is 83.9 Å². The number of carbonyl (C=O) groups is 1. The Bertz CT molecular complexity index is 1240. The number of nitrogens with zero attached hydrogens (tertiary/aromatic N) is 4. The van der Waals surface area contributed by atoms with Crippen LogP contribution in [0.2, 0.25) is 0 Å². The molecule has 3 aromatic carbocycles. The summed E-state index contributed by atoms with van der Waals surface area (Å²) in [5.74, 6) is -0.240. The molecular weight excluding hydrogens is 467 g/mol. The van der Waals surface area contributed by atoms with Gasteiger partial charge in [-0.05, 0) is 49.2 Å². The van der Waals surface area contributed by atoms with Crippen LogP contribution in [0.4, 0.5) is 20.6 Å². The quantitative estimate of drug-likeness (QED) is 0.403. The van der Waals surface area contributed by atoms with Crippen molar-refractivity contribution in [2.24, 2.45) is 4.99 Å². The molecule has 1 fully saturated rings. The maximum Gasteiger partial charge on any atom is 0.410 e. The largest absolute Gasteiger partial charge is 0.447 e. The number of fused-ring (bicyclic) bond motifs is 1. The molecule has 0 radical (unpaired) electrons. The SMILES string of the molecule is CC(C)OC(=O)N1CCC(=NC2N(Cc3ccccc3)c3ccccc3N2Cc2ccc(F)cc2)CC1. The van der Waals surface area contributed by atoms with Crippen molar-refractivity contribution >= 4 is 23.2 Å². The van der Waals surface area contributed by atoms with Gasteiger partial charge in [0, 0.05) is 44.7 Å². The lowest BCUT2D eigenvalue weighted by Crippen LogP contribution is -2.44. The number of anilines is 2. The van der Waals surface area contributed by atoms with E-state index in [2.05, 4.69) is 52.3 Å². The fourth-order valence-electron chi connectivity index (χ4n) is 4.92. The average molecular weight is 501 g/mol. The first kappa shape index (κ1) is 24.8. The number of rotatable bonds is 6. The number of benzene rings is 3. The zero-order valence-corrected chi connectivity index (χ0v) is 21.4. The molecule has 0 N–H and O–H groups in total. The van der Waals surface area contributed by atoms with Crippen LogP contribution in [-0.2, 0) is 17.8 Å². The number of halogens is 1. The molecule has 6 nitrogen and oxygen atoms in total. The first-order valence-electron chi connectivity index (χ1n) is 12.9. The van der Waals surface area contributed by atoms with Crippen LogP contribution in [0.5, 0.6) is 0 Å². The second kappa shape index (κ2) is 11.0. The van der Waals surface area contributed by atoms with Crippen molar-refractivity contribution in [3.63, 3.8) is 0 Å². The molecule has 0 bridgehead atoms. The normalized spacial score (nSPS) is 17.2. The standard InChI is InChI=1S/C30H33FN4O2/c1-22(2)37-30(36)33-18-16-26(17-19-33)32-29-34(20-23-8-4-3-5-9-23)27-10-6-7-11-28(27)35(29)21-24-12-14-25(31)15-13-24/h3-15,22,29H,16-21H2,1-2H3. The van der Waals surface area contributed by atoms with Crippen LogP contribution in [0.3, 0.4) is 0 Å². The van der Waals surface area contributed by atoms with Crippen molar-refractivity contribution in [2.45, 2.75) is 52.2 Å². The lowest BCUT2D eigenvalue weighted by atomic mass is 10.1. The third kappa shape index (κ3) is 5.77. The minimum atomic E-state index is -0.258. The van der Waals surface area contributed by atoms with Crippen molar-refractivity contribution in [3.8, 4) is 0 Å². The van der Waals surface area contributed by atoms with Gasteiger partial charge < -0.3 is 19.4 Å². The lowest BCUT2D eigenvalue weighted by molar-refractivity contribution is 0.0766. The highest BCUT2D eigenvalue weighted by Crippen LogP contribution is 2.42. The maximum atomic E-state index is 13.6. The van der Waals surface area contributed by atoms with Gasteiger partial charge in [0.2, 0.25) is 0 Å². The Hall–Kier alpha value is -3.87. The molecule has 2 heterocycles. The van der Waals surface area contributed by atoms with Crippen molar-refractivity contribution in [2.75, 3.05) is 22.9 Å². The Labute approximate surface area is 218 Å². The van der Waals surface area contributed by atoms with Gasteiger partial charge in [0.1, 0.15) is 5.82 Å². The molecule has 0 saturated carbocycles. The number of para-hydroxylation sites is 2. The van der Waals surface area contributed by atoms with Gasteiger partial charge in [0.25, 0.3) is 0 Å². The molecule has 2 aliphatic rings. The molecule has 1 amide bonds. The summed E-state index contributed by atoms with van der Waals surface area (Å²) in [5, 5.41) is 0. The molecule has 0 spiro atoms. The highest BCUT2D eigenvalue weighted by Gasteiger charge is 2.36. The summed E-state index contributed by atoms with van der Waals surface area (Å²) in [4.78, 5) is 24.0. The van der Waals surface area contributed by atoms with E-state index in [1.165, 1.54) is 17.7 Å². The fraction of sp³-hybridized carbons (Fsp3) is 0.333. The van der Waals surface area contributed by atoms with Gasteiger partial charge in [-0.2, -0.15) is 0 Å². The van der Waals surface area contributed by atoms with Crippen LogP contribution in [0.25, 0.3) is 0 Å². The Balaban J connectivity index is 1.44. The van der Waals surface area contributed by atoms with E-state index < -0.39 is 0 Å². The molecule has 1 atom stereocenters. The minimum Gasteiger partial charge on any atom is -0.447 e. The van der Waals surface area contributed by atoms with E-state index in [0.717, 1.165) is 22.6 Å². The van der Waals surface area contributed by atoms with Crippen LogP contribution in [-0.4, -0.2) is 42.2 Å². The number of likely N-dealkylation sites (tertiary alicyclic amines) is 1. The van der Waals surface area contributed by atoms with Gasteiger partial charge in [-0.3, -0.25) is 0 Å². The fourth-order valence-corrected chi connectivity index (χ4v) is 4.92. The first-order valence-corrected chi connectivity index (χ1v) is 12.9. The van der Waals surface area contributed by atoms with E-state index in [9.17, 15) is 9.18 Å². The van der Waals surface area contributed by atoms with Crippen LogP contribution < -0.4 is 9.80 Å². The third-order valence-electron chi connectivity index (χ3n) is 6.75. The zero-order valence-electron chi connectivity index (χ0n) is 21.4. The summed E-state index contributed by atoms with van der Waals surface area (Å²) in [7, 11) is 0. The van der Waals surface area contributed by atoms with Gasteiger partial charge >= 0.3 is 6.09 Å². The van der Waals surface area contributed by atoms with Gasteiger partial charge in [-0.1, -0.05) is 54.6 Å². The summed E-state index contributed by atoms with van der Waals surface area (Å²) in [6.07, 6.45) is 0.789. The van der Waals surface area contributed by atoms with Crippen molar-refractivity contribution in [3.05, 3.63) is 95.8 Å². The van der Waals surface area contributed by atoms with E-state index in [1.54, 1.807) is 4.90 Å². The van der Waals surface area contributed by atoms with Gasteiger partial charge in [-0.15, -0.1) is 0 Å². The maximum absolute atomic E-state index is 13.6. The number of amides is 1. The van der Waals surface area contributed by atoms with E-state index >= 15 is 0 Å². The molecule has 0 aromatic heterocycles. The topological polar surface area (TPSA) is 48.4 Å². The summed E-state index contributed by atoms with van der Waals surface area (Å²) in [6.45, 7) is 6.25. The second-order valence-corrected chi connectivity index (χ2v) is 9.82. The summed E-state index contributed by atoms with van der Waals surface area (Å²) in [5.41, 5.74) is 5.55. The minimum absolute atomic E-state index is 0.133. The number of aliphatic imine (C=N–C) groups is 1. The smallest absolute Gasteiger partial charge is 0.410 e. The van der Waals surface area contributed by atoms with Crippen LogP contribution in [0, 0.1) is 5.82 Å². The van der Waals surface area contributed by atoms with Crippen molar-refractivity contribution < 1.29 is 13.9 Å². The Morgan fingerprint density at radius 1 is 0.865 bits per heavy atom. The first-order chi connectivity index (χ1) is 18.0. The van der Waals surface area contributed by atoms with E-state index in [1.807, 2.05) is 38.1 Å². The molecule has 5 rings (SSSR count). The van der Waals surface area contributed by atoms with Gasteiger partial charge in [-0.25, -0.2) is 14.2 Å². The predicted molar refractivity (Wildman–Crippen MR) is 145 cm³/mol. The molecule has 3 aromatic rings. The molecule has 37 heavy (non-hydrogen) atoms. The zero-order chi connectivity index (χ0) is 25.8. The number of ether oxygens (including phenoxy) is 1. The highest BCUT2D eigenvalue weighted by atomic mass is 19.1. The van der Waals surface area contributed by atoms with E-state index in [-0.39, 0.29) is 24.3 Å². The van der Waals surface area contributed by atoms with Crippen molar-refractivity contribution in [1.82, 2.24) is 4.90 Å². The number of hydrogen-bond donors (Lipinski definition) is 0. The molecule has 1 saturated heterocycles. The molecule has 0 aliphatic carbocycles. The van der Waals surface area contributed by atoms with E-state index in [4.69, 9.17) is 9.73 Å². The summed E-state index contributed by atoms with van der Waals surface area (Å²) >= 11 is 0. The number of hydrogen-bond acceptors (Lipinski definition) is 5. The highest BCUT2D eigenvalue weighted by molar-refractivity contribution is 5.88. The van der Waals surface area contributed by atoms with Crippen molar-refractivity contribution in [1.29, 1.82) is 0 Å². The second-order valence-electron chi connectivity index (χ2n) is 9.82. The number of piperidine rings is 1. The third-order valence-corrected chi connectivity index (χ3v) is 6.75. The summed E-state index contributed by atoms with van der Waals surface area (Å²) < 4.78 is 19.0. The molecule has 1 unspecified atom stereocenters. The van der Waals surface area contributed by atoms with Crippen LogP contribution in [0.1, 0.15) is 37.8 Å². The lowest BCUT2D eigenvalue weighted by Gasteiger charge is -2.33. The molecule has 7 heteroatoms. The Morgan fingerprint density at radius 3 is 1.97 bits per heavy atom. The molecule has 192 valence electrons. The monoisotopic (exact) mass is 500 g/mol. The Morgan fingerprint density at radius 2 is 1.41 bits per heavy atom. The van der Waals surface area contributed by atoms with E-state index in [0.29, 0.717) is 39.0 Å². The van der Waals surface area contributed by atoms with Gasteiger partial charge in [0.05, 0.1) is 17.5 Å². The number of carbonyl (C=O) groups excluding carboxylic acids is 1. The molecule has 2 aliphatic heterocycles. The van der Waals surface area contributed by atoms with Gasteiger partial charge in [0.15, 0.2) is 6.29 Å². The van der Waals surface area contributed by atoms with Crippen LogP contribution >= 0.6 is 0 Å². The Kier molecular flexibility index (Phi) is 7.40. The average Bonchev–Trinajstić information content (AvgIpc) is 3.18. The molecular formula is C30H33FN4O2.